The van der Waals surface area contributed by atoms with Gasteiger partial charge in [-0.25, -0.2) is 0 Å². The first-order valence-corrected chi connectivity index (χ1v) is 7.43. The smallest absolute Gasteiger partial charge is 0.227 e. The van der Waals surface area contributed by atoms with E-state index >= 15 is 0 Å². The Morgan fingerprint density at radius 1 is 1.20 bits per heavy atom. The van der Waals surface area contributed by atoms with E-state index in [9.17, 15) is 4.79 Å². The summed E-state index contributed by atoms with van der Waals surface area (Å²) in [6, 6.07) is 16.3. The second-order valence-corrected chi connectivity index (χ2v) is 5.61. The minimum Gasteiger partial charge on any atom is -0.380 e. The molecule has 2 aromatic carbocycles. The fourth-order valence-corrected chi connectivity index (χ4v) is 2.68. The van der Waals surface area contributed by atoms with E-state index in [1.54, 1.807) is 0 Å². The number of amides is 1. The summed E-state index contributed by atoms with van der Waals surface area (Å²) in [5, 5.41) is 3.41. The highest BCUT2D eigenvalue weighted by atomic mass is 32.2. The highest BCUT2D eigenvalue weighted by Gasteiger charge is 2.04. The number of carbonyl (C=O) groups is 1. The highest BCUT2D eigenvalue weighted by molar-refractivity contribution is 8.00. The molecular weight excluding hydrogens is 268 g/mol. The number of primary amides is 1. The van der Waals surface area contributed by atoms with Crippen molar-refractivity contribution in [3.05, 3.63) is 59.7 Å². The molecule has 0 aliphatic rings. The zero-order valence-corrected chi connectivity index (χ0v) is 12.2. The van der Waals surface area contributed by atoms with Gasteiger partial charge < -0.3 is 11.1 Å². The maximum atomic E-state index is 10.9. The highest BCUT2D eigenvalue weighted by Crippen LogP contribution is 2.27. The molecule has 1 amide bonds. The first kappa shape index (κ1) is 14.5. The third-order valence-electron chi connectivity index (χ3n) is 2.82. The van der Waals surface area contributed by atoms with Crippen molar-refractivity contribution in [2.75, 3.05) is 11.1 Å². The molecule has 0 saturated heterocycles. The summed E-state index contributed by atoms with van der Waals surface area (Å²) < 4.78 is 0. The third-order valence-corrected chi connectivity index (χ3v) is 3.92. The number of para-hydroxylation sites is 1. The summed E-state index contributed by atoms with van der Waals surface area (Å²) in [6.07, 6.45) is 0. The molecule has 0 aliphatic carbocycles. The van der Waals surface area contributed by atoms with Crippen LogP contribution in [0.2, 0.25) is 0 Å². The van der Waals surface area contributed by atoms with Crippen molar-refractivity contribution in [2.45, 2.75) is 18.4 Å². The van der Waals surface area contributed by atoms with Gasteiger partial charge in [-0.05, 0) is 24.6 Å². The lowest BCUT2D eigenvalue weighted by molar-refractivity contribution is -0.115. The third kappa shape index (κ3) is 4.31. The standard InChI is InChI=1S/C16H18N2OS/c1-12-5-4-6-13(9-12)10-18-14-7-2-3-8-15(14)20-11-16(17)19/h2-9,18H,10-11H2,1H3,(H2,17,19). The predicted molar refractivity (Wildman–Crippen MR) is 84.9 cm³/mol. The Labute approximate surface area is 123 Å². The van der Waals surface area contributed by atoms with E-state index in [1.807, 2.05) is 24.3 Å². The van der Waals surface area contributed by atoms with Gasteiger partial charge in [-0.1, -0.05) is 42.0 Å². The second-order valence-electron chi connectivity index (χ2n) is 4.59. The molecule has 0 fully saturated rings. The van der Waals surface area contributed by atoms with Crippen molar-refractivity contribution in [2.24, 2.45) is 5.73 Å². The molecule has 0 aromatic heterocycles. The summed E-state index contributed by atoms with van der Waals surface area (Å²) in [6.45, 7) is 2.84. The van der Waals surface area contributed by atoms with Gasteiger partial charge in [0.15, 0.2) is 0 Å². The molecular formula is C16H18N2OS. The lowest BCUT2D eigenvalue weighted by atomic mass is 10.1. The first-order valence-electron chi connectivity index (χ1n) is 6.44. The van der Waals surface area contributed by atoms with Crippen LogP contribution in [0.25, 0.3) is 0 Å². The van der Waals surface area contributed by atoms with Gasteiger partial charge in [-0.2, -0.15) is 0 Å². The molecule has 0 bridgehead atoms. The van der Waals surface area contributed by atoms with Gasteiger partial charge >= 0.3 is 0 Å². The van der Waals surface area contributed by atoms with Crippen molar-refractivity contribution in [3.8, 4) is 0 Å². The fraction of sp³-hybridized carbons (Fsp3) is 0.188. The van der Waals surface area contributed by atoms with Crippen molar-refractivity contribution in [1.82, 2.24) is 0 Å². The minimum absolute atomic E-state index is 0.295. The summed E-state index contributed by atoms with van der Waals surface area (Å²) in [4.78, 5) is 11.9. The molecule has 0 unspecified atom stereocenters. The van der Waals surface area contributed by atoms with Crippen LogP contribution < -0.4 is 11.1 Å². The van der Waals surface area contributed by atoms with Gasteiger partial charge in [-0.3, -0.25) is 4.79 Å². The molecule has 20 heavy (non-hydrogen) atoms. The maximum absolute atomic E-state index is 10.9. The lowest BCUT2D eigenvalue weighted by Gasteiger charge is -2.11. The Morgan fingerprint density at radius 2 is 2.00 bits per heavy atom. The fourth-order valence-electron chi connectivity index (χ4n) is 1.91. The Bertz CT molecular complexity index is 599. The van der Waals surface area contributed by atoms with Crippen LogP contribution in [-0.2, 0) is 11.3 Å². The number of hydrogen-bond donors (Lipinski definition) is 2. The zero-order chi connectivity index (χ0) is 14.4. The number of hydrogen-bond acceptors (Lipinski definition) is 3. The first-order chi connectivity index (χ1) is 9.65. The van der Waals surface area contributed by atoms with Crippen LogP contribution in [0.3, 0.4) is 0 Å². The SMILES string of the molecule is Cc1cccc(CNc2ccccc2SCC(N)=O)c1. The van der Waals surface area contributed by atoms with E-state index in [4.69, 9.17) is 5.73 Å². The van der Waals surface area contributed by atoms with Gasteiger partial charge in [0.2, 0.25) is 5.91 Å². The van der Waals surface area contributed by atoms with Crippen LogP contribution in [0, 0.1) is 6.92 Å². The Hall–Kier alpha value is -1.94. The van der Waals surface area contributed by atoms with E-state index in [1.165, 1.54) is 22.9 Å². The van der Waals surface area contributed by atoms with Gasteiger partial charge in [-0.15, -0.1) is 11.8 Å². The second kappa shape index (κ2) is 7.01. The van der Waals surface area contributed by atoms with Crippen LogP contribution >= 0.6 is 11.8 Å². The Kier molecular flexibility index (Phi) is 5.07. The van der Waals surface area contributed by atoms with E-state index in [0.29, 0.717) is 5.75 Å². The molecule has 3 N–H and O–H groups in total. The molecule has 0 radical (unpaired) electrons. The molecule has 0 aliphatic heterocycles. The number of rotatable bonds is 6. The lowest BCUT2D eigenvalue weighted by Crippen LogP contribution is -2.13. The maximum Gasteiger partial charge on any atom is 0.227 e. The Morgan fingerprint density at radius 3 is 2.75 bits per heavy atom. The Balaban J connectivity index is 2.03. The average molecular weight is 286 g/mol. The van der Waals surface area contributed by atoms with Gasteiger partial charge in [0.1, 0.15) is 0 Å². The summed E-state index contributed by atoms with van der Waals surface area (Å²) in [5.41, 5.74) is 8.71. The van der Waals surface area contributed by atoms with Crippen LogP contribution in [0.1, 0.15) is 11.1 Å². The molecule has 2 aromatic rings. The minimum atomic E-state index is -0.302. The molecule has 0 atom stereocenters. The average Bonchev–Trinajstić information content (AvgIpc) is 2.44. The molecule has 2 rings (SSSR count). The van der Waals surface area contributed by atoms with Gasteiger partial charge in [0.05, 0.1) is 5.75 Å². The molecule has 0 spiro atoms. The van der Waals surface area contributed by atoms with E-state index in [2.05, 4.69) is 36.5 Å². The van der Waals surface area contributed by atoms with Crippen molar-refractivity contribution < 1.29 is 4.79 Å². The topological polar surface area (TPSA) is 55.1 Å². The van der Waals surface area contributed by atoms with Crippen LogP contribution in [0.15, 0.2) is 53.4 Å². The zero-order valence-electron chi connectivity index (χ0n) is 11.4. The molecule has 104 valence electrons. The number of nitrogens with one attached hydrogen (secondary N) is 1. The quantitative estimate of drug-likeness (QED) is 0.802. The van der Waals surface area contributed by atoms with Crippen LogP contribution in [0.4, 0.5) is 5.69 Å². The number of nitrogens with two attached hydrogens (primary N) is 1. The predicted octanol–water partition coefficient (Wildman–Crippen LogP) is 3.18. The summed E-state index contributed by atoms with van der Waals surface area (Å²) >= 11 is 1.46. The molecule has 4 heteroatoms. The molecule has 0 heterocycles. The molecule has 3 nitrogen and oxygen atoms in total. The number of thioether (sulfide) groups is 1. The monoisotopic (exact) mass is 286 g/mol. The normalized spacial score (nSPS) is 10.2. The number of carbonyl (C=O) groups excluding carboxylic acids is 1. The number of anilines is 1. The largest absolute Gasteiger partial charge is 0.380 e. The van der Waals surface area contributed by atoms with E-state index in [0.717, 1.165) is 17.1 Å². The van der Waals surface area contributed by atoms with Gasteiger partial charge in [0.25, 0.3) is 0 Å². The van der Waals surface area contributed by atoms with Crippen molar-refractivity contribution in [3.63, 3.8) is 0 Å². The number of benzene rings is 2. The van der Waals surface area contributed by atoms with Crippen LogP contribution in [-0.4, -0.2) is 11.7 Å². The summed E-state index contributed by atoms with van der Waals surface area (Å²) in [7, 11) is 0. The van der Waals surface area contributed by atoms with Gasteiger partial charge in [0, 0.05) is 17.1 Å². The van der Waals surface area contributed by atoms with Crippen molar-refractivity contribution in [1.29, 1.82) is 0 Å². The van der Waals surface area contributed by atoms with E-state index in [-0.39, 0.29) is 5.91 Å². The summed E-state index contributed by atoms with van der Waals surface area (Å²) in [5.74, 6) is -0.00755. The van der Waals surface area contributed by atoms with Crippen molar-refractivity contribution >= 4 is 23.4 Å². The number of aryl methyl sites for hydroxylation is 1. The van der Waals surface area contributed by atoms with E-state index < -0.39 is 0 Å². The molecule has 0 saturated carbocycles. The van der Waals surface area contributed by atoms with Crippen LogP contribution in [0.5, 0.6) is 0 Å².